The number of nitrogen functional groups attached to an aromatic ring is 1. The minimum Gasteiger partial charge on any atom is -0.482 e. The summed E-state index contributed by atoms with van der Waals surface area (Å²) in [5.41, 5.74) is 7.07. The largest absolute Gasteiger partial charge is 0.482 e. The highest BCUT2D eigenvalue weighted by Gasteiger charge is 2.19. The summed E-state index contributed by atoms with van der Waals surface area (Å²) in [5, 5.41) is 8.73. The van der Waals surface area contributed by atoms with Crippen LogP contribution in [0.2, 0.25) is 0 Å². The number of aromatic nitrogens is 1. The first-order valence-corrected chi connectivity index (χ1v) is 5.71. The summed E-state index contributed by atoms with van der Waals surface area (Å²) in [6, 6.07) is 4.49. The lowest BCUT2D eigenvalue weighted by molar-refractivity contribution is -0.118. The molecule has 0 fully saturated rings. The molecule has 2 heterocycles. The molecule has 3 rings (SSSR count). The fourth-order valence-electron chi connectivity index (χ4n) is 1.77. The number of anilines is 3. The highest BCUT2D eigenvalue weighted by atomic mass is 16.5. The van der Waals surface area contributed by atoms with Crippen molar-refractivity contribution >= 4 is 28.9 Å². The third-order valence-corrected chi connectivity index (χ3v) is 2.70. The lowest BCUT2D eigenvalue weighted by Crippen LogP contribution is -2.25. The standard InChI is InChI=1S/C12H10N4O4/c13-6-3-10-9(14-11(17)5-19-10)4-8(6)15-12(18)7-1-2-20-16-7/h1-4H,5,13H2,(H,14,17)(H,15,18). The maximum atomic E-state index is 11.9. The molecular weight excluding hydrogens is 264 g/mol. The molecule has 1 aliphatic rings. The van der Waals surface area contributed by atoms with Crippen molar-refractivity contribution in [2.75, 3.05) is 23.0 Å². The highest BCUT2D eigenvalue weighted by molar-refractivity contribution is 6.05. The van der Waals surface area contributed by atoms with E-state index in [1.165, 1.54) is 24.5 Å². The smallest absolute Gasteiger partial charge is 0.277 e. The normalized spacial score (nSPS) is 13.1. The molecule has 8 heteroatoms. The van der Waals surface area contributed by atoms with Gasteiger partial charge in [0.25, 0.3) is 11.8 Å². The summed E-state index contributed by atoms with van der Waals surface area (Å²) in [7, 11) is 0. The van der Waals surface area contributed by atoms with E-state index in [-0.39, 0.29) is 18.2 Å². The molecule has 1 aliphatic heterocycles. The summed E-state index contributed by atoms with van der Waals surface area (Å²) in [6.45, 7) is -0.0584. The van der Waals surface area contributed by atoms with Crippen LogP contribution >= 0.6 is 0 Å². The van der Waals surface area contributed by atoms with E-state index in [0.29, 0.717) is 22.8 Å². The summed E-state index contributed by atoms with van der Waals surface area (Å²) in [4.78, 5) is 23.1. The van der Waals surface area contributed by atoms with Gasteiger partial charge in [0.2, 0.25) is 0 Å². The monoisotopic (exact) mass is 274 g/mol. The van der Waals surface area contributed by atoms with Gasteiger partial charge >= 0.3 is 0 Å². The zero-order chi connectivity index (χ0) is 14.1. The first-order chi connectivity index (χ1) is 9.63. The lowest BCUT2D eigenvalue weighted by Gasteiger charge is -2.19. The fourth-order valence-corrected chi connectivity index (χ4v) is 1.77. The first-order valence-electron chi connectivity index (χ1n) is 5.71. The van der Waals surface area contributed by atoms with E-state index < -0.39 is 5.91 Å². The quantitative estimate of drug-likeness (QED) is 0.698. The van der Waals surface area contributed by atoms with E-state index in [9.17, 15) is 9.59 Å². The van der Waals surface area contributed by atoms with Crippen LogP contribution in [-0.4, -0.2) is 23.6 Å². The zero-order valence-corrected chi connectivity index (χ0v) is 10.2. The van der Waals surface area contributed by atoms with Gasteiger partial charge in [0, 0.05) is 12.1 Å². The van der Waals surface area contributed by atoms with Crippen LogP contribution in [0.4, 0.5) is 17.1 Å². The maximum absolute atomic E-state index is 11.9. The van der Waals surface area contributed by atoms with Crippen molar-refractivity contribution in [3.05, 3.63) is 30.2 Å². The van der Waals surface area contributed by atoms with E-state index in [2.05, 4.69) is 20.3 Å². The van der Waals surface area contributed by atoms with Crippen LogP contribution in [-0.2, 0) is 4.79 Å². The van der Waals surface area contributed by atoms with Crippen LogP contribution in [0.1, 0.15) is 10.5 Å². The molecule has 4 N–H and O–H groups in total. The Labute approximate surface area is 112 Å². The van der Waals surface area contributed by atoms with Gasteiger partial charge in [-0.25, -0.2) is 0 Å². The molecule has 8 nitrogen and oxygen atoms in total. The molecule has 0 spiro atoms. The number of carbonyl (C=O) groups is 2. The zero-order valence-electron chi connectivity index (χ0n) is 10.2. The average molecular weight is 274 g/mol. The third-order valence-electron chi connectivity index (χ3n) is 2.70. The number of benzene rings is 1. The van der Waals surface area contributed by atoms with E-state index in [4.69, 9.17) is 10.5 Å². The minimum atomic E-state index is -0.464. The Morgan fingerprint density at radius 1 is 1.45 bits per heavy atom. The number of amides is 2. The Morgan fingerprint density at radius 3 is 3.05 bits per heavy atom. The van der Waals surface area contributed by atoms with Crippen LogP contribution < -0.4 is 21.1 Å². The van der Waals surface area contributed by atoms with Gasteiger partial charge in [-0.05, 0) is 6.07 Å². The fraction of sp³-hybridized carbons (Fsp3) is 0.0833. The number of carbonyl (C=O) groups excluding carboxylic acids is 2. The van der Waals surface area contributed by atoms with Crippen molar-refractivity contribution in [3.63, 3.8) is 0 Å². The SMILES string of the molecule is Nc1cc2c(cc1NC(=O)c1ccon1)NC(=O)CO2. The van der Waals surface area contributed by atoms with Gasteiger partial charge in [-0.3, -0.25) is 9.59 Å². The number of rotatable bonds is 2. The topological polar surface area (TPSA) is 119 Å². The first kappa shape index (κ1) is 12.0. The molecule has 2 aromatic rings. The van der Waals surface area contributed by atoms with E-state index in [1.54, 1.807) is 0 Å². The highest BCUT2D eigenvalue weighted by Crippen LogP contribution is 2.35. The summed E-state index contributed by atoms with van der Waals surface area (Å²) >= 11 is 0. The molecule has 102 valence electrons. The molecule has 0 aliphatic carbocycles. The number of fused-ring (bicyclic) bond motifs is 1. The Bertz CT molecular complexity index is 681. The molecule has 0 bridgehead atoms. The molecule has 0 atom stereocenters. The predicted molar refractivity (Wildman–Crippen MR) is 69.4 cm³/mol. The number of nitrogens with one attached hydrogen (secondary N) is 2. The van der Waals surface area contributed by atoms with Crippen molar-refractivity contribution in [3.8, 4) is 5.75 Å². The van der Waals surface area contributed by atoms with Gasteiger partial charge in [0.1, 0.15) is 12.0 Å². The van der Waals surface area contributed by atoms with Crippen molar-refractivity contribution in [2.45, 2.75) is 0 Å². The van der Waals surface area contributed by atoms with E-state index in [0.717, 1.165) is 0 Å². The van der Waals surface area contributed by atoms with Gasteiger partial charge in [0.05, 0.1) is 17.1 Å². The van der Waals surface area contributed by atoms with Gasteiger partial charge < -0.3 is 25.6 Å². The molecule has 0 saturated carbocycles. The molecule has 0 unspecified atom stereocenters. The van der Waals surface area contributed by atoms with E-state index >= 15 is 0 Å². The van der Waals surface area contributed by atoms with Crippen LogP contribution in [0.5, 0.6) is 5.75 Å². The second-order valence-corrected chi connectivity index (χ2v) is 4.11. The average Bonchev–Trinajstić information content (AvgIpc) is 2.94. The maximum Gasteiger partial charge on any atom is 0.277 e. The molecular formula is C12H10N4O4. The van der Waals surface area contributed by atoms with Crippen LogP contribution in [0.15, 0.2) is 29.0 Å². The van der Waals surface area contributed by atoms with Gasteiger partial charge in [-0.15, -0.1) is 0 Å². The van der Waals surface area contributed by atoms with Gasteiger partial charge in [0.15, 0.2) is 12.3 Å². The van der Waals surface area contributed by atoms with Crippen LogP contribution in [0, 0.1) is 0 Å². The Kier molecular flexibility index (Phi) is 2.75. The van der Waals surface area contributed by atoms with Crippen molar-refractivity contribution < 1.29 is 18.8 Å². The molecule has 20 heavy (non-hydrogen) atoms. The van der Waals surface area contributed by atoms with Crippen molar-refractivity contribution in [1.82, 2.24) is 5.16 Å². The van der Waals surface area contributed by atoms with Crippen LogP contribution in [0.25, 0.3) is 0 Å². The number of ether oxygens (including phenoxy) is 1. The Balaban J connectivity index is 1.88. The summed E-state index contributed by atoms with van der Waals surface area (Å²) in [5.74, 6) is -0.272. The van der Waals surface area contributed by atoms with Gasteiger partial charge in [-0.1, -0.05) is 5.16 Å². The second-order valence-electron chi connectivity index (χ2n) is 4.11. The van der Waals surface area contributed by atoms with Crippen molar-refractivity contribution in [1.29, 1.82) is 0 Å². The van der Waals surface area contributed by atoms with E-state index in [1.807, 2.05) is 0 Å². The molecule has 1 aromatic heterocycles. The lowest BCUT2D eigenvalue weighted by atomic mass is 10.2. The Morgan fingerprint density at radius 2 is 2.30 bits per heavy atom. The second kappa shape index (κ2) is 4.57. The van der Waals surface area contributed by atoms with Crippen molar-refractivity contribution in [2.24, 2.45) is 0 Å². The predicted octanol–water partition coefficient (Wildman–Crippen LogP) is 0.840. The molecule has 0 saturated heterocycles. The summed E-state index contributed by atoms with van der Waals surface area (Å²) in [6.07, 6.45) is 1.29. The number of nitrogens with zero attached hydrogens (tertiary/aromatic N) is 1. The molecule has 0 radical (unpaired) electrons. The summed E-state index contributed by atoms with van der Waals surface area (Å²) < 4.78 is 9.81. The number of nitrogens with two attached hydrogens (primary N) is 1. The third kappa shape index (κ3) is 2.14. The molecule has 2 amide bonds. The number of hydrogen-bond acceptors (Lipinski definition) is 6. The van der Waals surface area contributed by atoms with Gasteiger partial charge in [-0.2, -0.15) is 0 Å². The minimum absolute atomic E-state index is 0.0584. The Hall–Kier alpha value is -3.03. The van der Waals surface area contributed by atoms with Crippen LogP contribution in [0.3, 0.4) is 0 Å². The molecule has 1 aromatic carbocycles. The number of hydrogen-bond donors (Lipinski definition) is 3.